The topological polar surface area (TPSA) is 108 Å². The molecule has 2 aromatic carbocycles. The van der Waals surface area contributed by atoms with Crippen LogP contribution in [0.3, 0.4) is 0 Å². The predicted octanol–water partition coefficient (Wildman–Crippen LogP) is 3.75. The number of carbonyl (C=O) groups is 1. The van der Waals surface area contributed by atoms with Gasteiger partial charge in [0.1, 0.15) is 29.3 Å². The minimum atomic E-state index is 0.0666. The number of likely N-dealkylation sites (N-methyl/N-ethyl adjacent to an activating group) is 1. The van der Waals surface area contributed by atoms with Crippen molar-refractivity contribution in [3.8, 4) is 22.8 Å². The zero-order valence-corrected chi connectivity index (χ0v) is 19.3. The molecular formula is C25H28N6O3. The Morgan fingerprint density at radius 1 is 1.06 bits per heavy atom. The molecule has 0 bridgehead atoms. The van der Waals surface area contributed by atoms with Crippen LogP contribution in [0.15, 0.2) is 60.9 Å². The van der Waals surface area contributed by atoms with E-state index in [-0.39, 0.29) is 5.91 Å². The number of para-hydroxylation sites is 1. The molecule has 0 fully saturated rings. The van der Waals surface area contributed by atoms with Gasteiger partial charge in [0.2, 0.25) is 5.91 Å². The Morgan fingerprint density at radius 3 is 2.53 bits per heavy atom. The summed E-state index contributed by atoms with van der Waals surface area (Å²) in [7, 11) is 3.42. The lowest BCUT2D eigenvalue weighted by Gasteiger charge is -2.17. The van der Waals surface area contributed by atoms with E-state index >= 15 is 0 Å². The number of nitrogens with two attached hydrogens (primary N) is 1. The summed E-state index contributed by atoms with van der Waals surface area (Å²) in [5.41, 5.74) is 8.40. The van der Waals surface area contributed by atoms with Crippen LogP contribution in [0.2, 0.25) is 0 Å². The minimum Gasteiger partial charge on any atom is -0.457 e. The molecule has 0 aliphatic carbocycles. The van der Waals surface area contributed by atoms with Gasteiger partial charge in [0.25, 0.3) is 0 Å². The van der Waals surface area contributed by atoms with Crippen LogP contribution in [0.4, 0.5) is 5.82 Å². The number of aromatic nitrogens is 4. The van der Waals surface area contributed by atoms with E-state index in [9.17, 15) is 4.79 Å². The third-order valence-corrected chi connectivity index (χ3v) is 5.48. The highest BCUT2D eigenvalue weighted by atomic mass is 16.5. The molecular weight excluding hydrogens is 432 g/mol. The van der Waals surface area contributed by atoms with Crippen LogP contribution in [0.5, 0.6) is 11.5 Å². The molecule has 9 nitrogen and oxygen atoms in total. The monoisotopic (exact) mass is 460 g/mol. The molecule has 0 aliphatic heterocycles. The summed E-state index contributed by atoms with van der Waals surface area (Å²) >= 11 is 0. The van der Waals surface area contributed by atoms with Crippen LogP contribution in [0.1, 0.15) is 12.8 Å². The molecule has 0 saturated heterocycles. The zero-order valence-electron chi connectivity index (χ0n) is 19.3. The van der Waals surface area contributed by atoms with E-state index in [1.165, 1.54) is 6.33 Å². The lowest BCUT2D eigenvalue weighted by atomic mass is 10.1. The van der Waals surface area contributed by atoms with Crippen molar-refractivity contribution in [3.63, 3.8) is 0 Å². The van der Waals surface area contributed by atoms with E-state index in [0.29, 0.717) is 55.1 Å². The molecule has 2 aromatic heterocycles. The second-order valence-corrected chi connectivity index (χ2v) is 7.88. The fourth-order valence-electron chi connectivity index (χ4n) is 3.62. The van der Waals surface area contributed by atoms with Crippen LogP contribution in [-0.2, 0) is 16.1 Å². The molecule has 9 heteroatoms. The highest BCUT2D eigenvalue weighted by Gasteiger charge is 2.18. The maximum absolute atomic E-state index is 12.3. The quantitative estimate of drug-likeness (QED) is 0.359. The van der Waals surface area contributed by atoms with E-state index in [2.05, 4.69) is 9.97 Å². The van der Waals surface area contributed by atoms with Gasteiger partial charge in [0, 0.05) is 39.3 Å². The number of amides is 1. The Morgan fingerprint density at radius 2 is 1.79 bits per heavy atom. The Balaban J connectivity index is 1.54. The summed E-state index contributed by atoms with van der Waals surface area (Å²) in [6.45, 7) is 1.54. The first-order valence-electron chi connectivity index (χ1n) is 11.1. The molecule has 0 unspecified atom stereocenters. The van der Waals surface area contributed by atoms with Gasteiger partial charge in [0.15, 0.2) is 5.65 Å². The maximum atomic E-state index is 12.3. The van der Waals surface area contributed by atoms with E-state index in [1.54, 1.807) is 23.7 Å². The number of benzene rings is 2. The number of nitrogens with zero attached hydrogens (tertiary/aromatic N) is 5. The molecule has 176 valence electrons. The zero-order chi connectivity index (χ0) is 23.9. The van der Waals surface area contributed by atoms with Gasteiger partial charge >= 0.3 is 0 Å². The fraction of sp³-hybridized carbons (Fsp3) is 0.280. The Kier molecular flexibility index (Phi) is 7.34. The average Bonchev–Trinajstić information content (AvgIpc) is 3.23. The van der Waals surface area contributed by atoms with Crippen LogP contribution in [0.25, 0.3) is 22.3 Å². The first kappa shape index (κ1) is 23.2. The van der Waals surface area contributed by atoms with Crippen molar-refractivity contribution in [2.45, 2.75) is 19.4 Å². The molecule has 4 rings (SSSR count). The molecule has 4 aromatic rings. The molecule has 0 spiro atoms. The summed E-state index contributed by atoms with van der Waals surface area (Å²) in [6.07, 6.45) is 2.57. The number of carbonyl (C=O) groups excluding carboxylic acids is 1. The molecule has 2 N–H and O–H groups in total. The van der Waals surface area contributed by atoms with E-state index in [4.69, 9.17) is 20.3 Å². The average molecular weight is 461 g/mol. The van der Waals surface area contributed by atoms with E-state index in [1.807, 2.05) is 54.6 Å². The summed E-state index contributed by atoms with van der Waals surface area (Å²) in [5.74, 6) is 1.91. The molecule has 0 aliphatic rings. The summed E-state index contributed by atoms with van der Waals surface area (Å²) in [6, 6.07) is 17.2. The normalized spacial score (nSPS) is 11.0. The first-order chi connectivity index (χ1) is 16.6. The van der Waals surface area contributed by atoms with Crippen molar-refractivity contribution in [2.75, 3.05) is 33.0 Å². The smallest absolute Gasteiger partial charge is 0.222 e. The van der Waals surface area contributed by atoms with Gasteiger partial charge in [0.05, 0.1) is 11.9 Å². The van der Waals surface area contributed by atoms with E-state index < -0.39 is 0 Å². The number of rotatable bonds is 10. The van der Waals surface area contributed by atoms with Gasteiger partial charge in [-0.2, -0.15) is 5.10 Å². The number of fused-ring (bicyclic) bond motifs is 1. The second-order valence-electron chi connectivity index (χ2n) is 7.88. The fourth-order valence-corrected chi connectivity index (χ4v) is 3.62. The summed E-state index contributed by atoms with van der Waals surface area (Å²) < 4.78 is 12.7. The van der Waals surface area contributed by atoms with Gasteiger partial charge in [-0.3, -0.25) is 4.79 Å². The number of hydrogen-bond donors (Lipinski definition) is 1. The van der Waals surface area contributed by atoms with Crippen LogP contribution >= 0.6 is 0 Å². The van der Waals surface area contributed by atoms with Gasteiger partial charge in [-0.1, -0.05) is 18.2 Å². The molecule has 2 heterocycles. The Labute approximate surface area is 198 Å². The highest BCUT2D eigenvalue weighted by Crippen LogP contribution is 2.32. The Hall–Kier alpha value is -3.98. The summed E-state index contributed by atoms with van der Waals surface area (Å²) in [5, 5.41) is 5.46. The predicted molar refractivity (Wildman–Crippen MR) is 130 cm³/mol. The lowest BCUT2D eigenvalue weighted by Crippen LogP contribution is -2.30. The van der Waals surface area contributed by atoms with Crippen molar-refractivity contribution in [2.24, 2.45) is 0 Å². The molecule has 0 atom stereocenters. The van der Waals surface area contributed by atoms with Crippen LogP contribution in [0, 0.1) is 0 Å². The number of nitrogen functional groups attached to an aromatic ring is 1. The van der Waals surface area contributed by atoms with Crippen LogP contribution < -0.4 is 10.5 Å². The van der Waals surface area contributed by atoms with E-state index in [0.717, 1.165) is 17.1 Å². The van der Waals surface area contributed by atoms with Crippen molar-refractivity contribution in [1.82, 2.24) is 24.6 Å². The first-order valence-corrected chi connectivity index (χ1v) is 11.1. The SMILES string of the molecule is COCCCC(=O)N(C)CCn1nc(-c2ccc(Oc3ccccc3)cc2)c2c(N)ncnc21. The van der Waals surface area contributed by atoms with Crippen molar-refractivity contribution in [1.29, 1.82) is 0 Å². The number of anilines is 1. The third-order valence-electron chi connectivity index (χ3n) is 5.48. The lowest BCUT2D eigenvalue weighted by molar-refractivity contribution is -0.130. The third kappa shape index (κ3) is 5.32. The van der Waals surface area contributed by atoms with Crippen molar-refractivity contribution < 1.29 is 14.3 Å². The van der Waals surface area contributed by atoms with Gasteiger partial charge in [-0.05, 0) is 42.8 Å². The summed E-state index contributed by atoms with van der Waals surface area (Å²) in [4.78, 5) is 22.6. The number of hydrogen-bond acceptors (Lipinski definition) is 7. The molecule has 1 amide bonds. The number of ether oxygens (including phenoxy) is 2. The van der Waals surface area contributed by atoms with Gasteiger partial charge < -0.3 is 20.1 Å². The van der Waals surface area contributed by atoms with Gasteiger partial charge in [-0.25, -0.2) is 14.6 Å². The molecule has 0 radical (unpaired) electrons. The minimum absolute atomic E-state index is 0.0666. The standard InChI is InChI=1S/C25H28N6O3/c1-30(21(32)9-6-16-33-2)14-15-31-25-22(24(26)27-17-28-25)23(29-31)18-10-12-20(13-11-18)34-19-7-4-3-5-8-19/h3-5,7-8,10-13,17H,6,9,14-16H2,1-2H3,(H2,26,27,28). The number of methoxy groups -OCH3 is 1. The Bertz CT molecular complexity index is 1240. The van der Waals surface area contributed by atoms with Gasteiger partial charge in [-0.15, -0.1) is 0 Å². The second kappa shape index (κ2) is 10.8. The molecule has 34 heavy (non-hydrogen) atoms. The van der Waals surface area contributed by atoms with Crippen molar-refractivity contribution >= 4 is 22.8 Å². The van der Waals surface area contributed by atoms with Crippen molar-refractivity contribution in [3.05, 3.63) is 60.9 Å². The maximum Gasteiger partial charge on any atom is 0.222 e. The van der Waals surface area contributed by atoms with Crippen LogP contribution in [-0.4, -0.2) is 57.9 Å². The highest BCUT2D eigenvalue weighted by molar-refractivity contribution is 5.98. The largest absolute Gasteiger partial charge is 0.457 e. The molecule has 0 saturated carbocycles.